The third-order valence-electron chi connectivity index (χ3n) is 10.2. The predicted molar refractivity (Wildman–Crippen MR) is 257 cm³/mol. The molecule has 0 atom stereocenters. The number of benzene rings is 6. The van der Waals surface area contributed by atoms with Gasteiger partial charge in [-0.05, 0) is 68.5 Å². The van der Waals surface area contributed by atoms with Crippen LogP contribution in [-0.2, 0) is 35.1 Å². The summed E-state index contributed by atoms with van der Waals surface area (Å²) < 4.78 is 1.42. The monoisotopic (exact) mass is 918 g/mol. The second-order valence-corrected chi connectivity index (χ2v) is 18.8. The van der Waals surface area contributed by atoms with Crippen molar-refractivity contribution < 1.29 is 24.2 Å². The Hall–Kier alpha value is -3.42. The molecule has 1 aliphatic rings. The van der Waals surface area contributed by atoms with Crippen LogP contribution in [0.3, 0.4) is 0 Å². The predicted octanol–water partition coefficient (Wildman–Crippen LogP) is 16.5. The Morgan fingerprint density at radius 1 is 0.569 bits per heavy atom. The molecule has 296 valence electrons. The van der Waals surface area contributed by atoms with E-state index in [0.717, 1.165) is 16.5 Å². The molecule has 0 unspecified atom stereocenters. The van der Waals surface area contributed by atoms with Gasteiger partial charge >= 0.3 is 112 Å². The van der Waals surface area contributed by atoms with Crippen molar-refractivity contribution >= 4 is 72.8 Å². The third kappa shape index (κ3) is 11.7. The normalized spacial score (nSPS) is 11.9. The zero-order valence-electron chi connectivity index (χ0n) is 34.6. The Morgan fingerprint density at radius 2 is 0.948 bits per heavy atom. The van der Waals surface area contributed by atoms with Gasteiger partial charge < -0.3 is 0 Å². The molecule has 0 N–H and O–H groups in total. The van der Waals surface area contributed by atoms with E-state index < -0.39 is 0 Å². The third-order valence-corrected chi connectivity index (χ3v) is 12.1. The van der Waals surface area contributed by atoms with Crippen molar-refractivity contribution in [1.29, 1.82) is 0 Å². The summed E-state index contributed by atoms with van der Waals surface area (Å²) in [6.45, 7) is 18.0. The van der Waals surface area contributed by atoms with Gasteiger partial charge in [-0.1, -0.05) is 101 Å². The van der Waals surface area contributed by atoms with Gasteiger partial charge in [-0.25, -0.2) is 12.2 Å². The van der Waals surface area contributed by atoms with E-state index in [1.54, 1.807) is 0 Å². The fourth-order valence-electron chi connectivity index (χ4n) is 7.03. The molecular formula is C53H52Cl4Zr. The second-order valence-electron chi connectivity index (χ2n) is 16.7. The maximum atomic E-state index is 6.20. The van der Waals surface area contributed by atoms with Gasteiger partial charge in [-0.3, -0.25) is 6.08 Å². The van der Waals surface area contributed by atoms with Crippen molar-refractivity contribution in [2.24, 2.45) is 0 Å². The minimum absolute atomic E-state index is 0. The average Bonchev–Trinajstić information content (AvgIpc) is 3.86. The van der Waals surface area contributed by atoms with Crippen molar-refractivity contribution in [3.8, 4) is 22.3 Å². The first-order valence-electron chi connectivity index (χ1n) is 19.3. The summed E-state index contributed by atoms with van der Waals surface area (Å²) >= 11 is 13.9. The summed E-state index contributed by atoms with van der Waals surface area (Å²) in [5.74, 6) is 0. The number of hydrogen-bond donors (Lipinski definition) is 0. The average molecular weight is 922 g/mol. The van der Waals surface area contributed by atoms with E-state index in [1.807, 2.05) is 36.4 Å². The van der Waals surface area contributed by atoms with Gasteiger partial charge in [0.15, 0.2) is 0 Å². The van der Waals surface area contributed by atoms with E-state index in [-0.39, 0.29) is 35.6 Å². The largest absolute Gasteiger partial charge is 0.273 e. The molecule has 5 heteroatoms. The van der Waals surface area contributed by atoms with Gasteiger partial charge in [0.2, 0.25) is 0 Å². The molecule has 7 aromatic rings. The topological polar surface area (TPSA) is 0 Å². The Kier molecular flexibility index (Phi) is 16.5. The SMILES string of the molecule is CC(C)(C)c1cc2c(cc1-c1ccc(Cl)cc1)[cH-]c1cc(-c3ccc(Cl)cc3)c(C(C)(C)C)cc12.Cc1ccc([C](=[Zr+2])c2ccc(C)cc2)cc1.Cl.Cl.[C-]1=CC=CC1. The van der Waals surface area contributed by atoms with Gasteiger partial charge in [0.1, 0.15) is 0 Å². The van der Waals surface area contributed by atoms with Crippen molar-refractivity contribution in [2.75, 3.05) is 0 Å². The van der Waals surface area contributed by atoms with Crippen LogP contribution in [0.15, 0.2) is 146 Å². The van der Waals surface area contributed by atoms with Crippen LogP contribution in [0.2, 0.25) is 10.0 Å². The molecule has 1 aliphatic carbocycles. The number of allylic oxidation sites excluding steroid dienone is 4. The molecule has 0 aromatic heterocycles. The minimum atomic E-state index is 0. The van der Waals surface area contributed by atoms with Crippen LogP contribution in [0.25, 0.3) is 43.8 Å². The van der Waals surface area contributed by atoms with Crippen LogP contribution >= 0.6 is 48.0 Å². The molecule has 0 fully saturated rings. The van der Waals surface area contributed by atoms with Crippen LogP contribution in [0.5, 0.6) is 0 Å². The fraction of sp³-hybridized carbons (Fsp3) is 0.208. The van der Waals surface area contributed by atoms with Crippen molar-refractivity contribution in [1.82, 2.24) is 0 Å². The Labute approximate surface area is 383 Å². The van der Waals surface area contributed by atoms with Crippen molar-refractivity contribution in [3.05, 3.63) is 195 Å². The molecule has 8 rings (SSSR count). The van der Waals surface area contributed by atoms with E-state index >= 15 is 0 Å². The van der Waals surface area contributed by atoms with Gasteiger partial charge in [-0.15, -0.1) is 71.0 Å². The van der Waals surface area contributed by atoms with Gasteiger partial charge in [0, 0.05) is 10.0 Å². The maximum Gasteiger partial charge on any atom is -0.109 e. The number of aryl methyl sites for hydroxylation is 2. The summed E-state index contributed by atoms with van der Waals surface area (Å²) in [7, 11) is 0. The summed E-state index contributed by atoms with van der Waals surface area (Å²) in [4.78, 5) is 0. The second kappa shape index (κ2) is 20.2. The molecule has 0 nitrogen and oxygen atoms in total. The molecule has 0 spiro atoms. The molecule has 7 aromatic carbocycles. The van der Waals surface area contributed by atoms with Crippen molar-refractivity contribution in [2.45, 2.75) is 72.6 Å². The van der Waals surface area contributed by atoms with E-state index in [0.29, 0.717) is 0 Å². The first-order valence-corrected chi connectivity index (χ1v) is 21.3. The smallest absolute Gasteiger partial charge is 0.109 e. The quantitative estimate of drug-likeness (QED) is 0.154. The zero-order chi connectivity index (χ0) is 40.2. The maximum absolute atomic E-state index is 6.20. The number of halogens is 4. The molecule has 58 heavy (non-hydrogen) atoms. The summed E-state index contributed by atoms with van der Waals surface area (Å²) in [6, 6.07) is 45.8. The van der Waals surface area contributed by atoms with Gasteiger partial charge in [-0.2, -0.15) is 6.08 Å². The molecular weight excluding hydrogens is 870 g/mol. The molecule has 0 bridgehead atoms. The molecule has 0 aliphatic heterocycles. The number of hydrogen-bond acceptors (Lipinski definition) is 0. The summed E-state index contributed by atoms with van der Waals surface area (Å²) in [5, 5.41) is 6.69. The molecule has 0 radical (unpaired) electrons. The zero-order valence-corrected chi connectivity index (χ0v) is 40.2. The van der Waals surface area contributed by atoms with E-state index in [2.05, 4.69) is 171 Å². The van der Waals surface area contributed by atoms with Crippen LogP contribution in [0, 0.1) is 19.9 Å². The summed E-state index contributed by atoms with van der Waals surface area (Å²) in [6.07, 6.45) is 10.0. The molecule has 0 saturated carbocycles. The van der Waals surface area contributed by atoms with Crippen LogP contribution in [-0.4, -0.2) is 3.21 Å². The first kappa shape index (κ1) is 47.3. The molecule has 0 amide bonds. The fourth-order valence-corrected chi connectivity index (χ4v) is 8.10. The molecule has 0 heterocycles. The van der Waals surface area contributed by atoms with E-state index in [4.69, 9.17) is 23.2 Å². The van der Waals surface area contributed by atoms with Crippen LogP contribution < -0.4 is 0 Å². The first-order chi connectivity index (χ1) is 26.6. The number of fused-ring (bicyclic) bond motifs is 3. The summed E-state index contributed by atoms with van der Waals surface area (Å²) in [5.41, 5.74) is 12.9. The minimum Gasteiger partial charge on any atom is -0.273 e. The van der Waals surface area contributed by atoms with Crippen LogP contribution in [0.1, 0.15) is 81.3 Å². The van der Waals surface area contributed by atoms with Gasteiger partial charge in [0.25, 0.3) is 0 Å². The number of rotatable bonds is 4. The van der Waals surface area contributed by atoms with Crippen molar-refractivity contribution in [3.63, 3.8) is 0 Å². The van der Waals surface area contributed by atoms with Gasteiger partial charge in [0.05, 0.1) is 0 Å². The molecule has 0 saturated heterocycles. The Morgan fingerprint density at radius 3 is 1.24 bits per heavy atom. The van der Waals surface area contributed by atoms with E-state index in [9.17, 15) is 0 Å². The Balaban J connectivity index is 0.000000268. The standard InChI is InChI=1S/C33H31Cl2.C15H14.C5H5.2ClH.Zr/c1-32(2,3)30-18-26-22(16-28(30)20-7-11-24(34)12-8-20)15-23-17-29(21-9-13-25(35)14-10-21)31(19-27(23)26)33(4,5)6;1-12-3-7-14(8-4-12)11-15-9-5-13(2)6-10-15;1-2-4-5-3-1;;;/h7-19H,1-6H3;3-10H,1-2H3;1-3H,4H2;2*1H;/q-1;;-1;;;+2. The Bertz CT molecular complexity index is 2350. The van der Waals surface area contributed by atoms with Crippen LogP contribution in [0.4, 0.5) is 0 Å². The van der Waals surface area contributed by atoms with E-state index in [1.165, 1.54) is 105 Å².